The molecule has 2 heterocycles. The second-order valence-corrected chi connectivity index (χ2v) is 6.67. The number of nitrogens with one attached hydrogen (secondary N) is 1. The van der Waals surface area contributed by atoms with Crippen LogP contribution in [-0.4, -0.2) is 29.3 Å². The third-order valence-corrected chi connectivity index (χ3v) is 5.26. The van der Waals surface area contributed by atoms with Crippen LogP contribution in [-0.2, 0) is 16.0 Å². The largest absolute Gasteiger partial charge is 0.330 e. The molecule has 0 aromatic carbocycles. The van der Waals surface area contributed by atoms with Gasteiger partial charge in [0.15, 0.2) is 0 Å². The molecular weight excluding hydrogens is 288 g/mol. The van der Waals surface area contributed by atoms with Crippen molar-refractivity contribution >= 4 is 29.2 Å². The highest BCUT2D eigenvalue weighted by molar-refractivity contribution is 7.09. The minimum absolute atomic E-state index is 0.0924. The average molecular weight is 306 g/mol. The van der Waals surface area contributed by atoms with Crippen LogP contribution in [0.2, 0.25) is 0 Å². The van der Waals surface area contributed by atoms with Gasteiger partial charge in [0.1, 0.15) is 5.92 Å². The summed E-state index contributed by atoms with van der Waals surface area (Å²) in [6, 6.07) is 3.36. The van der Waals surface area contributed by atoms with Crippen molar-refractivity contribution in [3.63, 3.8) is 0 Å². The molecule has 6 heteroatoms. The van der Waals surface area contributed by atoms with E-state index in [1.807, 2.05) is 17.5 Å². The normalized spacial score (nSPS) is 23.7. The second kappa shape index (κ2) is 5.97. The Bertz CT molecular complexity index is 549. The van der Waals surface area contributed by atoms with Crippen molar-refractivity contribution < 1.29 is 14.4 Å². The van der Waals surface area contributed by atoms with Crippen LogP contribution < -0.4 is 5.32 Å². The number of urea groups is 1. The Morgan fingerprint density at radius 1 is 1.24 bits per heavy atom. The minimum atomic E-state index is -0.673. The van der Waals surface area contributed by atoms with Crippen molar-refractivity contribution in [2.24, 2.45) is 11.8 Å². The van der Waals surface area contributed by atoms with Gasteiger partial charge in [0.25, 0.3) is 0 Å². The summed E-state index contributed by atoms with van der Waals surface area (Å²) in [5, 5.41) is 4.32. The highest BCUT2D eigenvalue weighted by atomic mass is 32.1. The van der Waals surface area contributed by atoms with Crippen LogP contribution in [0.1, 0.15) is 30.6 Å². The molecule has 112 valence electrons. The van der Waals surface area contributed by atoms with Gasteiger partial charge in [-0.1, -0.05) is 18.9 Å². The summed E-state index contributed by atoms with van der Waals surface area (Å²) in [7, 11) is 0. The number of carbonyl (C=O) groups is 3. The fourth-order valence-corrected chi connectivity index (χ4v) is 3.92. The van der Waals surface area contributed by atoms with E-state index in [0.717, 1.165) is 30.6 Å². The summed E-state index contributed by atoms with van der Waals surface area (Å²) in [6.45, 7) is 0.335. The van der Waals surface area contributed by atoms with Gasteiger partial charge >= 0.3 is 6.03 Å². The van der Waals surface area contributed by atoms with Gasteiger partial charge < -0.3 is 0 Å². The molecule has 1 aromatic rings. The van der Waals surface area contributed by atoms with Crippen LogP contribution in [0.15, 0.2) is 17.5 Å². The first-order valence-electron chi connectivity index (χ1n) is 7.35. The molecule has 1 N–H and O–H groups in total. The maximum atomic E-state index is 12.5. The molecular formula is C15H18N2O3S. The van der Waals surface area contributed by atoms with Crippen molar-refractivity contribution in [1.29, 1.82) is 0 Å². The lowest BCUT2D eigenvalue weighted by Crippen LogP contribution is -2.59. The summed E-state index contributed by atoms with van der Waals surface area (Å²) in [4.78, 5) is 38.8. The maximum absolute atomic E-state index is 12.5. The molecule has 1 aromatic heterocycles. The number of amides is 4. The monoisotopic (exact) mass is 306 g/mol. The van der Waals surface area contributed by atoms with Gasteiger partial charge in [-0.15, -0.1) is 11.3 Å². The van der Waals surface area contributed by atoms with Crippen LogP contribution in [0.25, 0.3) is 0 Å². The molecule has 1 aliphatic carbocycles. The predicted octanol–water partition coefficient (Wildman–Crippen LogP) is 2.18. The molecule has 0 radical (unpaired) electrons. The van der Waals surface area contributed by atoms with Gasteiger partial charge in [-0.3, -0.25) is 19.8 Å². The average Bonchev–Trinajstić information content (AvgIpc) is 3.10. The standard InChI is InChI=1S/C15H18N2O3S/c18-13-12(10-4-1-2-5-10)14(19)17(15(20)16-13)8-7-11-6-3-9-21-11/h3,6,9-10,12H,1-2,4-5,7-8H2,(H,16,18,20). The van der Waals surface area contributed by atoms with Crippen LogP contribution in [0.4, 0.5) is 4.79 Å². The lowest BCUT2D eigenvalue weighted by atomic mass is 9.87. The zero-order valence-corrected chi connectivity index (χ0v) is 12.5. The Morgan fingerprint density at radius 2 is 2.00 bits per heavy atom. The molecule has 1 saturated carbocycles. The van der Waals surface area contributed by atoms with E-state index < -0.39 is 17.9 Å². The highest BCUT2D eigenvalue weighted by Gasteiger charge is 2.44. The fraction of sp³-hybridized carbons (Fsp3) is 0.533. The smallest absolute Gasteiger partial charge is 0.277 e. The first kappa shape index (κ1) is 14.3. The maximum Gasteiger partial charge on any atom is 0.330 e. The highest BCUT2D eigenvalue weighted by Crippen LogP contribution is 2.34. The number of hydrogen-bond acceptors (Lipinski definition) is 4. The van der Waals surface area contributed by atoms with Crippen molar-refractivity contribution in [2.45, 2.75) is 32.1 Å². The Kier molecular flexibility index (Phi) is 4.05. The van der Waals surface area contributed by atoms with Crippen LogP contribution in [0.5, 0.6) is 0 Å². The van der Waals surface area contributed by atoms with Gasteiger partial charge in [-0.25, -0.2) is 4.79 Å². The predicted molar refractivity (Wildman–Crippen MR) is 78.7 cm³/mol. The van der Waals surface area contributed by atoms with Crippen molar-refractivity contribution in [3.8, 4) is 0 Å². The van der Waals surface area contributed by atoms with E-state index in [-0.39, 0.29) is 11.8 Å². The van der Waals surface area contributed by atoms with E-state index in [1.54, 1.807) is 11.3 Å². The van der Waals surface area contributed by atoms with E-state index >= 15 is 0 Å². The van der Waals surface area contributed by atoms with E-state index in [0.29, 0.717) is 13.0 Å². The third kappa shape index (κ3) is 2.85. The number of nitrogens with zero attached hydrogens (tertiary/aromatic N) is 1. The van der Waals surface area contributed by atoms with Gasteiger partial charge in [0.2, 0.25) is 11.8 Å². The van der Waals surface area contributed by atoms with Crippen molar-refractivity contribution in [3.05, 3.63) is 22.4 Å². The van der Waals surface area contributed by atoms with Gasteiger partial charge in [-0.05, 0) is 36.6 Å². The first-order chi connectivity index (χ1) is 10.2. The quantitative estimate of drug-likeness (QED) is 0.867. The van der Waals surface area contributed by atoms with Crippen molar-refractivity contribution in [1.82, 2.24) is 10.2 Å². The summed E-state index contributed by atoms with van der Waals surface area (Å²) in [5.41, 5.74) is 0. The molecule has 2 fully saturated rings. The van der Waals surface area contributed by atoms with Crippen molar-refractivity contribution in [2.75, 3.05) is 6.54 Å². The van der Waals surface area contributed by atoms with E-state index in [1.165, 1.54) is 4.90 Å². The number of thiophene rings is 1. The molecule has 4 amide bonds. The lowest BCUT2D eigenvalue weighted by Gasteiger charge is -2.32. The van der Waals surface area contributed by atoms with Gasteiger partial charge in [-0.2, -0.15) is 0 Å². The Balaban J connectivity index is 1.71. The molecule has 1 aliphatic heterocycles. The number of hydrogen-bond donors (Lipinski definition) is 1. The minimum Gasteiger partial charge on any atom is -0.277 e. The number of barbiturate groups is 1. The Morgan fingerprint density at radius 3 is 2.67 bits per heavy atom. The lowest BCUT2D eigenvalue weighted by molar-refractivity contribution is -0.144. The Hall–Kier alpha value is -1.69. The topological polar surface area (TPSA) is 66.5 Å². The molecule has 1 atom stereocenters. The van der Waals surface area contributed by atoms with E-state index in [2.05, 4.69) is 5.32 Å². The summed E-state index contributed by atoms with van der Waals surface area (Å²) >= 11 is 1.60. The molecule has 5 nitrogen and oxygen atoms in total. The number of rotatable bonds is 4. The number of imide groups is 2. The molecule has 2 aliphatic rings. The molecule has 1 saturated heterocycles. The summed E-state index contributed by atoms with van der Waals surface area (Å²) in [6.07, 6.45) is 4.56. The molecule has 0 spiro atoms. The third-order valence-electron chi connectivity index (χ3n) is 4.32. The SMILES string of the molecule is O=C1NC(=O)N(CCc2cccs2)C(=O)C1C1CCCC1. The van der Waals surface area contributed by atoms with Crippen LogP contribution in [0, 0.1) is 11.8 Å². The van der Waals surface area contributed by atoms with Gasteiger partial charge in [0, 0.05) is 11.4 Å². The number of carbonyl (C=O) groups excluding carboxylic acids is 3. The molecule has 3 rings (SSSR count). The summed E-state index contributed by atoms with van der Waals surface area (Å²) < 4.78 is 0. The molecule has 0 bridgehead atoms. The zero-order valence-electron chi connectivity index (χ0n) is 11.7. The zero-order chi connectivity index (χ0) is 14.8. The fourth-order valence-electron chi connectivity index (χ4n) is 3.23. The first-order valence-corrected chi connectivity index (χ1v) is 8.23. The molecule has 21 heavy (non-hydrogen) atoms. The van der Waals surface area contributed by atoms with Crippen LogP contribution >= 0.6 is 11.3 Å². The van der Waals surface area contributed by atoms with E-state index in [9.17, 15) is 14.4 Å². The molecule has 1 unspecified atom stereocenters. The second-order valence-electron chi connectivity index (χ2n) is 5.64. The Labute approximate surface area is 127 Å². The van der Waals surface area contributed by atoms with Crippen LogP contribution in [0.3, 0.4) is 0 Å². The van der Waals surface area contributed by atoms with Gasteiger partial charge in [0.05, 0.1) is 0 Å². The summed E-state index contributed by atoms with van der Waals surface area (Å²) in [5.74, 6) is -1.31. The van der Waals surface area contributed by atoms with E-state index in [4.69, 9.17) is 0 Å².